The zero-order valence-electron chi connectivity index (χ0n) is 6.46. The molecule has 3 atom stereocenters. The molecule has 0 aliphatic carbocycles. The van der Waals surface area contributed by atoms with E-state index in [0.717, 1.165) is 0 Å². The molecular weight excluding hydrogens is 132 g/mol. The molecule has 1 heterocycles. The first-order valence-corrected chi connectivity index (χ1v) is 3.40. The van der Waals surface area contributed by atoms with Crippen molar-refractivity contribution in [3.63, 3.8) is 0 Å². The van der Waals surface area contributed by atoms with Crippen LogP contribution in [-0.4, -0.2) is 19.4 Å². The normalized spacial score (nSPS) is 39.9. The van der Waals surface area contributed by atoms with Crippen molar-refractivity contribution < 1.29 is 14.3 Å². The third kappa shape index (κ3) is 1.01. The SMILES string of the molecule is COC1OC(=O)C(C)C1C. The summed E-state index contributed by atoms with van der Waals surface area (Å²) >= 11 is 0. The van der Waals surface area contributed by atoms with Crippen molar-refractivity contribution in [3.8, 4) is 0 Å². The molecular formula is C7H12O3. The molecule has 0 amide bonds. The average molecular weight is 144 g/mol. The lowest BCUT2D eigenvalue weighted by Gasteiger charge is -2.11. The molecule has 3 unspecified atom stereocenters. The first-order chi connectivity index (χ1) is 4.66. The Kier molecular flexibility index (Phi) is 1.94. The fraction of sp³-hybridized carbons (Fsp3) is 0.857. The van der Waals surface area contributed by atoms with E-state index < -0.39 is 0 Å². The van der Waals surface area contributed by atoms with Gasteiger partial charge in [-0.3, -0.25) is 4.79 Å². The summed E-state index contributed by atoms with van der Waals surface area (Å²) in [6, 6.07) is 0. The molecule has 1 saturated heterocycles. The van der Waals surface area contributed by atoms with Crippen LogP contribution in [-0.2, 0) is 14.3 Å². The second kappa shape index (κ2) is 2.58. The van der Waals surface area contributed by atoms with Crippen molar-refractivity contribution in [2.75, 3.05) is 7.11 Å². The molecule has 0 spiro atoms. The lowest BCUT2D eigenvalue weighted by Crippen LogP contribution is -2.17. The molecule has 3 heteroatoms. The number of carbonyl (C=O) groups excluding carboxylic acids is 1. The number of cyclic esters (lactones) is 1. The second-order valence-corrected chi connectivity index (χ2v) is 2.69. The first-order valence-electron chi connectivity index (χ1n) is 3.40. The van der Waals surface area contributed by atoms with Crippen LogP contribution in [0.15, 0.2) is 0 Å². The highest BCUT2D eigenvalue weighted by Gasteiger charge is 2.38. The molecule has 0 aromatic carbocycles. The third-order valence-corrected chi connectivity index (χ3v) is 2.05. The van der Waals surface area contributed by atoms with E-state index in [1.807, 2.05) is 13.8 Å². The number of esters is 1. The minimum absolute atomic E-state index is 0.0232. The Morgan fingerprint density at radius 1 is 1.50 bits per heavy atom. The van der Waals surface area contributed by atoms with Crippen LogP contribution < -0.4 is 0 Å². The van der Waals surface area contributed by atoms with Crippen LogP contribution in [0.2, 0.25) is 0 Å². The third-order valence-electron chi connectivity index (χ3n) is 2.05. The van der Waals surface area contributed by atoms with E-state index in [1.165, 1.54) is 0 Å². The predicted molar refractivity (Wildman–Crippen MR) is 35.2 cm³/mol. The van der Waals surface area contributed by atoms with Crippen molar-refractivity contribution in [1.82, 2.24) is 0 Å². The molecule has 0 aromatic heterocycles. The fourth-order valence-corrected chi connectivity index (χ4v) is 1.04. The van der Waals surface area contributed by atoms with Gasteiger partial charge in [-0.2, -0.15) is 0 Å². The van der Waals surface area contributed by atoms with Gasteiger partial charge in [0.2, 0.25) is 6.29 Å². The molecule has 58 valence electrons. The predicted octanol–water partition coefficient (Wildman–Crippen LogP) is 0.788. The van der Waals surface area contributed by atoms with Gasteiger partial charge in [0.15, 0.2) is 0 Å². The highest BCUT2D eigenvalue weighted by Crippen LogP contribution is 2.27. The number of hydrogen-bond donors (Lipinski definition) is 0. The zero-order valence-corrected chi connectivity index (χ0v) is 6.46. The Hall–Kier alpha value is -0.570. The van der Waals surface area contributed by atoms with Gasteiger partial charge in [-0.25, -0.2) is 0 Å². The monoisotopic (exact) mass is 144 g/mol. The molecule has 0 saturated carbocycles. The van der Waals surface area contributed by atoms with Crippen LogP contribution in [0.5, 0.6) is 0 Å². The Morgan fingerprint density at radius 2 is 2.10 bits per heavy atom. The molecule has 10 heavy (non-hydrogen) atoms. The topological polar surface area (TPSA) is 35.5 Å². The first kappa shape index (κ1) is 7.54. The summed E-state index contributed by atoms with van der Waals surface area (Å²) in [5.41, 5.74) is 0. The molecule has 1 fully saturated rings. The highest BCUT2D eigenvalue weighted by atomic mass is 16.7. The maximum atomic E-state index is 10.9. The van der Waals surface area contributed by atoms with Gasteiger partial charge >= 0.3 is 5.97 Å². The van der Waals surface area contributed by atoms with Gasteiger partial charge in [-0.1, -0.05) is 13.8 Å². The summed E-state index contributed by atoms with van der Waals surface area (Å²) in [4.78, 5) is 10.9. The summed E-state index contributed by atoms with van der Waals surface area (Å²) in [5, 5.41) is 0. The van der Waals surface area contributed by atoms with E-state index in [1.54, 1.807) is 7.11 Å². The number of methoxy groups -OCH3 is 1. The molecule has 0 aromatic rings. The number of hydrogen-bond acceptors (Lipinski definition) is 3. The Labute approximate surface area is 60.3 Å². The maximum Gasteiger partial charge on any atom is 0.311 e. The number of rotatable bonds is 1. The van der Waals surface area contributed by atoms with Crippen LogP contribution in [0.25, 0.3) is 0 Å². The van der Waals surface area contributed by atoms with Gasteiger partial charge in [0.1, 0.15) is 0 Å². The molecule has 0 bridgehead atoms. The minimum Gasteiger partial charge on any atom is -0.435 e. The minimum atomic E-state index is -0.331. The zero-order chi connectivity index (χ0) is 7.72. The molecule has 1 rings (SSSR count). The van der Waals surface area contributed by atoms with E-state index in [-0.39, 0.29) is 24.1 Å². The molecule has 0 radical (unpaired) electrons. The maximum absolute atomic E-state index is 10.9. The summed E-state index contributed by atoms with van der Waals surface area (Å²) in [7, 11) is 1.55. The van der Waals surface area contributed by atoms with E-state index in [0.29, 0.717) is 0 Å². The van der Waals surface area contributed by atoms with Crippen LogP contribution in [0.4, 0.5) is 0 Å². The molecule has 0 N–H and O–H groups in total. The van der Waals surface area contributed by atoms with Gasteiger partial charge in [0.25, 0.3) is 0 Å². The fourth-order valence-electron chi connectivity index (χ4n) is 1.04. The summed E-state index contributed by atoms with van der Waals surface area (Å²) < 4.78 is 9.80. The smallest absolute Gasteiger partial charge is 0.311 e. The molecule has 3 nitrogen and oxygen atoms in total. The van der Waals surface area contributed by atoms with Crippen molar-refractivity contribution >= 4 is 5.97 Å². The van der Waals surface area contributed by atoms with Crippen molar-refractivity contribution in [3.05, 3.63) is 0 Å². The van der Waals surface area contributed by atoms with E-state index in [2.05, 4.69) is 0 Å². The van der Waals surface area contributed by atoms with Crippen LogP contribution in [0, 0.1) is 11.8 Å². The van der Waals surface area contributed by atoms with Crippen molar-refractivity contribution in [2.45, 2.75) is 20.1 Å². The molecule has 1 aliphatic rings. The van der Waals surface area contributed by atoms with E-state index in [4.69, 9.17) is 9.47 Å². The van der Waals surface area contributed by atoms with Gasteiger partial charge < -0.3 is 9.47 Å². The van der Waals surface area contributed by atoms with E-state index >= 15 is 0 Å². The standard InChI is InChI=1S/C7H12O3/c1-4-5(2)7(9-3)10-6(4)8/h4-5,7H,1-3H3. The van der Waals surface area contributed by atoms with Gasteiger partial charge in [-0.05, 0) is 0 Å². The largest absolute Gasteiger partial charge is 0.435 e. The Bertz CT molecular complexity index is 144. The lowest BCUT2D eigenvalue weighted by molar-refractivity contribution is -0.161. The lowest BCUT2D eigenvalue weighted by atomic mass is 9.99. The van der Waals surface area contributed by atoms with Crippen LogP contribution >= 0.6 is 0 Å². The van der Waals surface area contributed by atoms with Crippen LogP contribution in [0.1, 0.15) is 13.8 Å². The summed E-state index contributed by atoms with van der Waals surface area (Å²) in [5.74, 6) is 0.00167. The Balaban J connectivity index is 2.61. The van der Waals surface area contributed by atoms with Gasteiger partial charge in [-0.15, -0.1) is 0 Å². The van der Waals surface area contributed by atoms with Gasteiger partial charge in [0, 0.05) is 13.0 Å². The number of carbonyl (C=O) groups is 1. The average Bonchev–Trinajstić information content (AvgIpc) is 2.17. The highest BCUT2D eigenvalue weighted by molar-refractivity contribution is 5.74. The quantitative estimate of drug-likeness (QED) is 0.510. The van der Waals surface area contributed by atoms with Crippen molar-refractivity contribution in [1.29, 1.82) is 0 Å². The van der Waals surface area contributed by atoms with Crippen LogP contribution in [0.3, 0.4) is 0 Å². The summed E-state index contributed by atoms with van der Waals surface area (Å²) in [6.45, 7) is 3.80. The molecule has 1 aliphatic heterocycles. The number of ether oxygens (including phenoxy) is 2. The van der Waals surface area contributed by atoms with Crippen molar-refractivity contribution in [2.24, 2.45) is 11.8 Å². The van der Waals surface area contributed by atoms with E-state index in [9.17, 15) is 4.79 Å². The second-order valence-electron chi connectivity index (χ2n) is 2.69. The Morgan fingerprint density at radius 3 is 2.30 bits per heavy atom. The van der Waals surface area contributed by atoms with Gasteiger partial charge in [0.05, 0.1) is 5.92 Å². The summed E-state index contributed by atoms with van der Waals surface area (Å²) in [6.07, 6.45) is -0.331.